The summed E-state index contributed by atoms with van der Waals surface area (Å²) in [5.74, 6) is 0.301. The average Bonchev–Trinajstić information content (AvgIpc) is 2.57. The van der Waals surface area contributed by atoms with Crippen LogP contribution >= 0.6 is 24.0 Å². The topological polar surface area (TPSA) is 74.8 Å². The quantitative estimate of drug-likeness (QED) is 0.213. The lowest BCUT2D eigenvalue weighted by Gasteiger charge is -2.12. The third-order valence-corrected chi connectivity index (χ3v) is 3.07. The van der Waals surface area contributed by atoms with Crippen LogP contribution in [0.5, 0.6) is 0 Å². The van der Waals surface area contributed by atoms with Gasteiger partial charge in [0, 0.05) is 26.2 Å². The molecule has 0 aliphatic carbocycles. The molecule has 0 fully saturated rings. The van der Waals surface area contributed by atoms with Gasteiger partial charge in [-0.25, -0.2) is 4.39 Å². The van der Waals surface area contributed by atoms with Crippen LogP contribution in [0, 0.1) is 5.82 Å². The van der Waals surface area contributed by atoms with Crippen LogP contribution in [0.15, 0.2) is 29.3 Å². The summed E-state index contributed by atoms with van der Waals surface area (Å²) < 4.78 is 18.0. The van der Waals surface area contributed by atoms with E-state index in [9.17, 15) is 9.18 Å². The van der Waals surface area contributed by atoms with Crippen LogP contribution in [0.25, 0.3) is 0 Å². The number of carbonyl (C=O) groups is 1. The second-order valence-electron chi connectivity index (χ2n) is 5.04. The van der Waals surface area contributed by atoms with E-state index in [1.807, 2.05) is 13.8 Å². The summed E-state index contributed by atoms with van der Waals surface area (Å²) in [4.78, 5) is 16.2. The Kier molecular flexibility index (Phi) is 14.0. The molecule has 1 aromatic rings. The van der Waals surface area contributed by atoms with E-state index < -0.39 is 0 Å². The molecule has 0 saturated heterocycles. The molecule has 142 valence electrons. The maximum atomic E-state index is 12.8. The molecule has 0 unspecified atom stereocenters. The molecule has 0 atom stereocenters. The number of ether oxygens (including phenoxy) is 1. The monoisotopic (exact) mass is 466 g/mol. The highest BCUT2D eigenvalue weighted by Crippen LogP contribution is 2.03. The maximum Gasteiger partial charge on any atom is 0.224 e. The summed E-state index contributed by atoms with van der Waals surface area (Å²) in [6.07, 6.45) is 0.239. The minimum atomic E-state index is -0.303. The molecule has 1 aromatic carbocycles. The van der Waals surface area contributed by atoms with Crippen LogP contribution in [0.1, 0.15) is 19.4 Å². The molecule has 1 rings (SSSR count). The SMILES string of the molecule is CCNC(=NCCOCC)NCCNC(=O)Cc1ccc(F)cc1.I. The number of rotatable bonds is 10. The van der Waals surface area contributed by atoms with Crippen molar-refractivity contribution >= 4 is 35.8 Å². The molecule has 8 heteroatoms. The molecule has 1 amide bonds. The molecule has 0 spiro atoms. The van der Waals surface area contributed by atoms with Crippen molar-refractivity contribution in [3.8, 4) is 0 Å². The summed E-state index contributed by atoms with van der Waals surface area (Å²) >= 11 is 0. The highest BCUT2D eigenvalue weighted by Gasteiger charge is 2.03. The van der Waals surface area contributed by atoms with Gasteiger partial charge in [-0.05, 0) is 31.5 Å². The van der Waals surface area contributed by atoms with Gasteiger partial charge in [0.1, 0.15) is 5.82 Å². The lowest BCUT2D eigenvalue weighted by molar-refractivity contribution is -0.120. The second-order valence-corrected chi connectivity index (χ2v) is 5.04. The molecule has 6 nitrogen and oxygen atoms in total. The minimum absolute atomic E-state index is 0. The first-order valence-electron chi connectivity index (χ1n) is 8.26. The van der Waals surface area contributed by atoms with Gasteiger partial charge in [0.2, 0.25) is 5.91 Å². The van der Waals surface area contributed by atoms with Crippen LogP contribution in [0.3, 0.4) is 0 Å². The number of hydrogen-bond donors (Lipinski definition) is 3. The van der Waals surface area contributed by atoms with Crippen molar-refractivity contribution < 1.29 is 13.9 Å². The smallest absolute Gasteiger partial charge is 0.224 e. The number of carbonyl (C=O) groups excluding carboxylic acids is 1. The van der Waals surface area contributed by atoms with E-state index in [0.29, 0.717) is 38.8 Å². The van der Waals surface area contributed by atoms with E-state index in [1.54, 1.807) is 12.1 Å². The molecule has 25 heavy (non-hydrogen) atoms. The molecule has 0 aliphatic heterocycles. The number of benzene rings is 1. The van der Waals surface area contributed by atoms with Crippen LogP contribution in [0.4, 0.5) is 4.39 Å². The van der Waals surface area contributed by atoms with E-state index in [2.05, 4.69) is 20.9 Å². The van der Waals surface area contributed by atoms with E-state index in [0.717, 1.165) is 12.1 Å². The van der Waals surface area contributed by atoms with Crippen molar-refractivity contribution in [2.24, 2.45) is 4.99 Å². The zero-order valence-corrected chi connectivity index (χ0v) is 17.1. The maximum absolute atomic E-state index is 12.8. The van der Waals surface area contributed by atoms with Gasteiger partial charge in [-0.3, -0.25) is 9.79 Å². The highest BCUT2D eigenvalue weighted by atomic mass is 127. The van der Waals surface area contributed by atoms with Crippen molar-refractivity contribution in [3.63, 3.8) is 0 Å². The summed E-state index contributed by atoms with van der Waals surface area (Å²) in [6, 6.07) is 5.93. The van der Waals surface area contributed by atoms with Crippen molar-refractivity contribution in [1.29, 1.82) is 0 Å². The normalized spacial score (nSPS) is 10.8. The van der Waals surface area contributed by atoms with E-state index in [1.165, 1.54) is 12.1 Å². The largest absolute Gasteiger partial charge is 0.380 e. The molecular formula is C17H28FIN4O2. The first-order chi connectivity index (χ1) is 11.7. The predicted octanol–water partition coefficient (Wildman–Crippen LogP) is 1.69. The Bertz CT molecular complexity index is 512. The van der Waals surface area contributed by atoms with Gasteiger partial charge >= 0.3 is 0 Å². The van der Waals surface area contributed by atoms with Crippen LogP contribution < -0.4 is 16.0 Å². The lowest BCUT2D eigenvalue weighted by Crippen LogP contribution is -2.42. The van der Waals surface area contributed by atoms with E-state index >= 15 is 0 Å². The van der Waals surface area contributed by atoms with Crippen LogP contribution in [0.2, 0.25) is 0 Å². The number of halogens is 2. The Morgan fingerprint density at radius 1 is 1.12 bits per heavy atom. The molecule has 0 heterocycles. The number of nitrogens with one attached hydrogen (secondary N) is 3. The predicted molar refractivity (Wildman–Crippen MR) is 109 cm³/mol. The Balaban J connectivity index is 0.00000576. The second kappa shape index (κ2) is 14.9. The molecule has 0 aromatic heterocycles. The Labute approximate surface area is 166 Å². The van der Waals surface area contributed by atoms with Crippen LogP contribution in [-0.4, -0.2) is 51.3 Å². The van der Waals surface area contributed by atoms with Gasteiger partial charge < -0.3 is 20.7 Å². The number of guanidine groups is 1. The van der Waals surface area contributed by atoms with Crippen molar-refractivity contribution in [1.82, 2.24) is 16.0 Å². The Hall–Kier alpha value is -1.42. The first-order valence-corrected chi connectivity index (χ1v) is 8.26. The molecule has 0 aliphatic rings. The molecular weight excluding hydrogens is 438 g/mol. The molecule has 0 radical (unpaired) electrons. The fraction of sp³-hybridized carbons (Fsp3) is 0.529. The Morgan fingerprint density at radius 3 is 2.44 bits per heavy atom. The van der Waals surface area contributed by atoms with E-state index in [4.69, 9.17) is 4.74 Å². The third kappa shape index (κ3) is 11.7. The van der Waals surface area contributed by atoms with Crippen molar-refractivity contribution in [2.75, 3.05) is 39.4 Å². The zero-order valence-electron chi connectivity index (χ0n) is 14.8. The number of nitrogens with zero attached hydrogens (tertiary/aromatic N) is 1. The van der Waals surface area contributed by atoms with Gasteiger partial charge in [0.25, 0.3) is 0 Å². The third-order valence-electron chi connectivity index (χ3n) is 3.07. The number of hydrogen-bond acceptors (Lipinski definition) is 3. The number of aliphatic imine (C=N–C) groups is 1. The highest BCUT2D eigenvalue weighted by molar-refractivity contribution is 14.0. The Morgan fingerprint density at radius 2 is 1.80 bits per heavy atom. The lowest BCUT2D eigenvalue weighted by atomic mass is 10.1. The van der Waals surface area contributed by atoms with Gasteiger partial charge in [0.05, 0.1) is 19.6 Å². The van der Waals surface area contributed by atoms with Gasteiger partial charge in [0.15, 0.2) is 5.96 Å². The zero-order chi connectivity index (χ0) is 17.6. The fourth-order valence-electron chi connectivity index (χ4n) is 1.94. The van der Waals surface area contributed by atoms with Crippen molar-refractivity contribution in [2.45, 2.75) is 20.3 Å². The minimum Gasteiger partial charge on any atom is -0.380 e. The number of amides is 1. The van der Waals surface area contributed by atoms with Crippen LogP contribution in [-0.2, 0) is 16.0 Å². The average molecular weight is 466 g/mol. The first kappa shape index (κ1) is 23.6. The molecule has 0 bridgehead atoms. The van der Waals surface area contributed by atoms with Gasteiger partial charge in [-0.1, -0.05) is 12.1 Å². The molecule has 0 saturated carbocycles. The van der Waals surface area contributed by atoms with Gasteiger partial charge in [-0.15, -0.1) is 24.0 Å². The summed E-state index contributed by atoms with van der Waals surface area (Å²) in [5.41, 5.74) is 0.785. The van der Waals surface area contributed by atoms with Gasteiger partial charge in [-0.2, -0.15) is 0 Å². The standard InChI is InChI=1S/C17H27FN4O2.HI/c1-3-19-17(22-11-12-24-4-2)21-10-9-20-16(23)13-14-5-7-15(18)8-6-14;/h5-8H,3-4,9-13H2,1-2H3,(H,20,23)(H2,19,21,22);1H. The van der Waals surface area contributed by atoms with Crippen molar-refractivity contribution in [3.05, 3.63) is 35.6 Å². The van der Waals surface area contributed by atoms with E-state index in [-0.39, 0.29) is 42.1 Å². The fourth-order valence-corrected chi connectivity index (χ4v) is 1.94. The molecule has 3 N–H and O–H groups in total. The summed E-state index contributed by atoms with van der Waals surface area (Å²) in [7, 11) is 0. The summed E-state index contributed by atoms with van der Waals surface area (Å²) in [5, 5.41) is 9.09. The summed E-state index contributed by atoms with van der Waals surface area (Å²) in [6.45, 7) is 7.59.